The van der Waals surface area contributed by atoms with Gasteiger partial charge in [0.05, 0.1) is 12.1 Å². The second-order valence-corrected chi connectivity index (χ2v) is 12.2. The number of ether oxygens (including phenoxy) is 1. The van der Waals surface area contributed by atoms with Crippen molar-refractivity contribution in [3.05, 3.63) is 35.4 Å². The van der Waals surface area contributed by atoms with Gasteiger partial charge in [-0.25, -0.2) is 4.79 Å². The third-order valence-electron chi connectivity index (χ3n) is 6.99. The minimum Gasteiger partial charge on any atom is -0.444 e. The van der Waals surface area contributed by atoms with Crippen molar-refractivity contribution < 1.29 is 29.0 Å². The number of rotatable bonds is 16. The lowest BCUT2D eigenvalue weighted by Gasteiger charge is -2.33. The van der Waals surface area contributed by atoms with Crippen LogP contribution in [0.25, 0.3) is 0 Å². The van der Waals surface area contributed by atoms with Crippen LogP contribution in [0, 0.1) is 23.7 Å². The Hall–Kier alpha value is -2.94. The number of hydrogen-bond acceptors (Lipinski definition) is 6. The number of aliphatic hydroxyl groups excluding tert-OH is 1. The summed E-state index contributed by atoms with van der Waals surface area (Å²) in [6, 6.07) is 5.86. The zero-order valence-electron chi connectivity index (χ0n) is 25.6. The molecule has 9 nitrogen and oxygen atoms in total. The Balaban J connectivity index is 3.11. The molecule has 226 valence electrons. The lowest BCUT2D eigenvalue weighted by Crippen LogP contribution is -2.49. The summed E-state index contributed by atoms with van der Waals surface area (Å²) in [7, 11) is 0. The number of hydrogen-bond donors (Lipinski definition) is 4. The highest BCUT2D eigenvalue weighted by Gasteiger charge is 2.33. The van der Waals surface area contributed by atoms with E-state index in [2.05, 4.69) is 22.9 Å². The molecule has 1 rings (SSSR count). The zero-order chi connectivity index (χ0) is 30.5. The SMILES string of the molecule is CCCCNC(=O)[C@@H](C[C@H](O)[C@H](C[C@H](CNC(=O)c1ccccc1C=O)C(C)C)NC(=O)OC(C)(C)C)C(C)C. The lowest BCUT2D eigenvalue weighted by atomic mass is 9.82. The molecule has 0 unspecified atom stereocenters. The van der Waals surface area contributed by atoms with E-state index >= 15 is 0 Å². The quantitative estimate of drug-likeness (QED) is 0.170. The van der Waals surface area contributed by atoms with Gasteiger partial charge in [-0.3, -0.25) is 14.4 Å². The van der Waals surface area contributed by atoms with E-state index < -0.39 is 29.8 Å². The van der Waals surface area contributed by atoms with E-state index in [4.69, 9.17) is 4.74 Å². The first-order valence-corrected chi connectivity index (χ1v) is 14.5. The van der Waals surface area contributed by atoms with E-state index in [1.165, 1.54) is 0 Å². The van der Waals surface area contributed by atoms with Crippen molar-refractivity contribution in [2.24, 2.45) is 23.7 Å². The first-order valence-electron chi connectivity index (χ1n) is 14.5. The highest BCUT2D eigenvalue weighted by molar-refractivity contribution is 6.01. The molecular formula is C31H51N3O6. The number of benzene rings is 1. The molecule has 0 bridgehead atoms. The van der Waals surface area contributed by atoms with E-state index in [1.54, 1.807) is 45.0 Å². The van der Waals surface area contributed by atoms with E-state index in [1.807, 2.05) is 27.7 Å². The fourth-order valence-corrected chi connectivity index (χ4v) is 4.44. The summed E-state index contributed by atoms with van der Waals surface area (Å²) in [5.74, 6) is -0.967. The number of unbranched alkanes of at least 4 members (excludes halogenated alkanes) is 1. The molecular weight excluding hydrogens is 510 g/mol. The Morgan fingerprint density at radius 3 is 2.20 bits per heavy atom. The van der Waals surface area contributed by atoms with Crippen molar-refractivity contribution in [1.29, 1.82) is 0 Å². The number of carbonyl (C=O) groups excluding carboxylic acids is 4. The van der Waals surface area contributed by atoms with Crippen LogP contribution in [0.2, 0.25) is 0 Å². The molecule has 0 spiro atoms. The number of alkyl carbamates (subject to hydrolysis) is 1. The molecule has 0 aliphatic carbocycles. The molecule has 1 aromatic carbocycles. The Bertz CT molecular complexity index is 957. The molecule has 3 amide bonds. The Morgan fingerprint density at radius 1 is 1.00 bits per heavy atom. The minimum atomic E-state index is -1.02. The van der Waals surface area contributed by atoms with Gasteiger partial charge in [0.25, 0.3) is 5.91 Å². The molecule has 0 aromatic heterocycles. The zero-order valence-corrected chi connectivity index (χ0v) is 25.6. The van der Waals surface area contributed by atoms with E-state index in [0.717, 1.165) is 12.8 Å². The van der Waals surface area contributed by atoms with Gasteiger partial charge in [0.2, 0.25) is 5.91 Å². The maximum absolute atomic E-state index is 12.9. The van der Waals surface area contributed by atoms with Gasteiger partial charge in [0, 0.05) is 30.1 Å². The number of nitrogens with one attached hydrogen (secondary N) is 3. The van der Waals surface area contributed by atoms with Crippen molar-refractivity contribution in [1.82, 2.24) is 16.0 Å². The topological polar surface area (TPSA) is 134 Å². The van der Waals surface area contributed by atoms with Crippen LogP contribution in [0.3, 0.4) is 0 Å². The number of amides is 3. The molecule has 1 aromatic rings. The van der Waals surface area contributed by atoms with E-state index in [9.17, 15) is 24.3 Å². The van der Waals surface area contributed by atoms with Crippen LogP contribution in [-0.4, -0.2) is 60.1 Å². The molecule has 0 radical (unpaired) electrons. The van der Waals surface area contributed by atoms with Crippen LogP contribution in [-0.2, 0) is 9.53 Å². The van der Waals surface area contributed by atoms with Crippen molar-refractivity contribution in [2.45, 2.75) is 98.8 Å². The Kier molecular flexibility index (Phi) is 14.9. The third kappa shape index (κ3) is 12.5. The normalized spacial score (nSPS) is 14.7. The van der Waals surface area contributed by atoms with Crippen LogP contribution in [0.5, 0.6) is 0 Å². The minimum absolute atomic E-state index is 0.0171. The predicted octanol–water partition coefficient (Wildman–Crippen LogP) is 4.72. The van der Waals surface area contributed by atoms with Gasteiger partial charge < -0.3 is 25.8 Å². The van der Waals surface area contributed by atoms with Crippen molar-refractivity contribution in [3.63, 3.8) is 0 Å². The van der Waals surface area contributed by atoms with Crippen LogP contribution in [0.15, 0.2) is 24.3 Å². The fraction of sp³-hybridized carbons (Fsp3) is 0.677. The molecule has 4 N–H and O–H groups in total. The molecule has 0 aliphatic heterocycles. The number of aldehydes is 1. The van der Waals surface area contributed by atoms with Crippen molar-refractivity contribution >= 4 is 24.2 Å². The summed E-state index contributed by atoms with van der Waals surface area (Å²) >= 11 is 0. The average Bonchev–Trinajstić information content (AvgIpc) is 2.87. The Labute approximate surface area is 240 Å². The fourth-order valence-electron chi connectivity index (χ4n) is 4.44. The van der Waals surface area contributed by atoms with Crippen molar-refractivity contribution in [2.75, 3.05) is 13.1 Å². The van der Waals surface area contributed by atoms with E-state index in [0.29, 0.717) is 24.8 Å². The second kappa shape index (κ2) is 17.0. The second-order valence-electron chi connectivity index (χ2n) is 12.2. The van der Waals surface area contributed by atoms with Gasteiger partial charge in [0.15, 0.2) is 6.29 Å². The summed E-state index contributed by atoms with van der Waals surface area (Å²) in [4.78, 5) is 49.9. The molecule has 0 fully saturated rings. The van der Waals surface area contributed by atoms with Gasteiger partial charge in [-0.2, -0.15) is 0 Å². The van der Waals surface area contributed by atoms with Crippen molar-refractivity contribution in [3.8, 4) is 0 Å². The number of aliphatic hydroxyl groups is 1. The molecule has 4 atom stereocenters. The molecule has 9 heteroatoms. The summed E-state index contributed by atoms with van der Waals surface area (Å²) in [5.41, 5.74) is -0.133. The highest BCUT2D eigenvalue weighted by Crippen LogP contribution is 2.25. The smallest absolute Gasteiger partial charge is 0.407 e. The monoisotopic (exact) mass is 561 g/mol. The van der Waals surface area contributed by atoms with Gasteiger partial charge in [-0.05, 0) is 63.9 Å². The van der Waals surface area contributed by atoms with Crippen LogP contribution >= 0.6 is 0 Å². The molecule has 0 aliphatic rings. The first-order chi connectivity index (χ1) is 18.7. The van der Waals surface area contributed by atoms with Crippen LogP contribution < -0.4 is 16.0 Å². The first kappa shape index (κ1) is 35.1. The van der Waals surface area contributed by atoms with Gasteiger partial charge in [0.1, 0.15) is 5.60 Å². The van der Waals surface area contributed by atoms with Gasteiger partial charge in [-0.1, -0.05) is 59.2 Å². The molecule has 40 heavy (non-hydrogen) atoms. The predicted molar refractivity (Wildman–Crippen MR) is 157 cm³/mol. The summed E-state index contributed by atoms with van der Waals surface area (Å²) in [6.07, 6.45) is 1.32. The molecule has 0 saturated carbocycles. The summed E-state index contributed by atoms with van der Waals surface area (Å²) in [6.45, 7) is 16.1. The average molecular weight is 562 g/mol. The summed E-state index contributed by atoms with van der Waals surface area (Å²) in [5, 5.41) is 20.1. The Morgan fingerprint density at radius 2 is 1.65 bits per heavy atom. The number of carbonyl (C=O) groups is 4. The molecule has 0 saturated heterocycles. The standard InChI is InChI=1S/C31H51N3O6/c1-9-10-15-32-29(38)25(21(4)5)17-27(36)26(34-30(39)40-31(6,7)8)16-23(20(2)3)18-33-28(37)24-14-12-11-13-22(24)19-35/h11-14,19-21,23,25-27,36H,9-10,15-18H2,1-8H3,(H,32,38)(H,33,37)(H,34,39)/t23-,25+,26+,27+/m1/s1. The van der Waals surface area contributed by atoms with Crippen LogP contribution in [0.1, 0.15) is 102 Å². The van der Waals surface area contributed by atoms with Gasteiger partial charge >= 0.3 is 6.09 Å². The van der Waals surface area contributed by atoms with Crippen LogP contribution in [0.4, 0.5) is 4.79 Å². The maximum Gasteiger partial charge on any atom is 0.407 e. The lowest BCUT2D eigenvalue weighted by molar-refractivity contribution is -0.127. The molecule has 0 heterocycles. The highest BCUT2D eigenvalue weighted by atomic mass is 16.6. The summed E-state index contributed by atoms with van der Waals surface area (Å²) < 4.78 is 5.46. The largest absolute Gasteiger partial charge is 0.444 e. The third-order valence-corrected chi connectivity index (χ3v) is 6.99. The van der Waals surface area contributed by atoms with E-state index in [-0.39, 0.29) is 48.1 Å². The van der Waals surface area contributed by atoms with Gasteiger partial charge in [-0.15, -0.1) is 0 Å². The maximum atomic E-state index is 12.9.